The first-order valence-electron chi connectivity index (χ1n) is 9.25. The lowest BCUT2D eigenvalue weighted by Crippen LogP contribution is -2.65. The van der Waals surface area contributed by atoms with Gasteiger partial charge >= 0.3 is 36.1 Å². The Balaban J connectivity index is 5.01. The second-order valence-corrected chi connectivity index (χ2v) is 6.74. The van der Waals surface area contributed by atoms with Gasteiger partial charge in [0.05, 0.1) is 6.42 Å². The summed E-state index contributed by atoms with van der Waals surface area (Å²) in [6.07, 6.45) is -2.70. The molecule has 0 aliphatic heterocycles. The fraction of sp³-hybridized carbons (Fsp3) is 0.941. The van der Waals surface area contributed by atoms with Crippen molar-refractivity contribution in [2.75, 3.05) is 26.2 Å². The van der Waals surface area contributed by atoms with Crippen molar-refractivity contribution >= 4 is 5.97 Å². The average molecular weight is 465 g/mol. The van der Waals surface area contributed by atoms with Gasteiger partial charge in [-0.1, -0.05) is 26.7 Å². The monoisotopic (exact) mass is 465 g/mol. The number of hydrogen-bond acceptors (Lipinski definition) is 3. The topological polar surface area (TPSA) is 29.5 Å². The zero-order valence-corrected chi connectivity index (χ0v) is 16.5. The number of hydrogen-bond donors (Lipinski definition) is 0. The first-order valence-corrected chi connectivity index (χ1v) is 9.25. The van der Waals surface area contributed by atoms with Crippen LogP contribution in [-0.4, -0.2) is 67.2 Å². The van der Waals surface area contributed by atoms with Crippen molar-refractivity contribution in [3.05, 3.63) is 0 Å². The van der Waals surface area contributed by atoms with Gasteiger partial charge in [0.15, 0.2) is 6.61 Å². The second-order valence-electron chi connectivity index (χ2n) is 6.74. The molecule has 0 heterocycles. The molecule has 0 aromatic rings. The largest absolute Gasteiger partial charge is 0.459 e. The normalized spacial score (nSPS) is 13.9. The summed E-state index contributed by atoms with van der Waals surface area (Å²) in [6, 6.07) is 0. The van der Waals surface area contributed by atoms with Crippen LogP contribution in [0, 0.1) is 0 Å². The van der Waals surface area contributed by atoms with E-state index in [0.29, 0.717) is 13.1 Å². The lowest BCUT2D eigenvalue weighted by Gasteiger charge is -2.36. The summed E-state index contributed by atoms with van der Waals surface area (Å²) >= 11 is 0. The molecule has 0 unspecified atom stereocenters. The molecular formula is C17H25F10NO2. The number of rotatable bonds is 15. The molecule has 0 saturated heterocycles. The molecule has 0 N–H and O–H groups in total. The molecule has 0 saturated carbocycles. The standard InChI is InChI=1S/C17H25F10NO2/c1-3-5-8-28(9-6-4-2)10-7-12(29)30-11-14(20,21)16(24,25)17(26,27)15(22,23)13(18)19/h13H,3-11H2,1-2H3. The van der Waals surface area contributed by atoms with Crippen LogP contribution >= 0.6 is 0 Å². The lowest BCUT2D eigenvalue weighted by atomic mass is 9.99. The van der Waals surface area contributed by atoms with Crippen molar-refractivity contribution < 1.29 is 53.4 Å². The number of nitrogens with zero attached hydrogens (tertiary/aromatic N) is 1. The molecule has 0 bridgehead atoms. The molecule has 0 aliphatic rings. The fourth-order valence-corrected chi connectivity index (χ4v) is 2.26. The molecule has 0 radical (unpaired) electrons. The highest BCUT2D eigenvalue weighted by Gasteiger charge is 2.83. The lowest BCUT2D eigenvalue weighted by molar-refractivity contribution is -0.386. The van der Waals surface area contributed by atoms with Gasteiger partial charge < -0.3 is 9.64 Å². The van der Waals surface area contributed by atoms with E-state index in [0.717, 1.165) is 25.7 Å². The Morgan fingerprint density at radius 3 is 1.70 bits per heavy atom. The molecule has 0 amide bonds. The minimum atomic E-state index is -7.10. The molecule has 0 aromatic heterocycles. The molecule has 0 aromatic carbocycles. The van der Waals surface area contributed by atoms with Crippen molar-refractivity contribution in [1.29, 1.82) is 0 Å². The SMILES string of the molecule is CCCCN(CCCC)CCC(=O)OCC(F)(F)C(F)(F)C(F)(F)C(F)(F)C(F)F. The maximum absolute atomic E-state index is 13.5. The summed E-state index contributed by atoms with van der Waals surface area (Å²) in [5, 5.41) is 0. The molecule has 0 atom stereocenters. The highest BCUT2D eigenvalue weighted by molar-refractivity contribution is 5.69. The van der Waals surface area contributed by atoms with E-state index in [9.17, 15) is 48.7 Å². The van der Waals surface area contributed by atoms with Gasteiger partial charge in [-0.2, -0.15) is 35.1 Å². The fourth-order valence-electron chi connectivity index (χ4n) is 2.26. The van der Waals surface area contributed by atoms with Gasteiger partial charge in [0.2, 0.25) is 0 Å². The van der Waals surface area contributed by atoms with Crippen molar-refractivity contribution in [3.63, 3.8) is 0 Å². The van der Waals surface area contributed by atoms with Crippen molar-refractivity contribution in [2.45, 2.75) is 76.1 Å². The van der Waals surface area contributed by atoms with Crippen LogP contribution in [0.15, 0.2) is 0 Å². The molecule has 3 nitrogen and oxygen atoms in total. The minimum absolute atomic E-state index is 0.0143. The Labute approximate surface area is 167 Å². The highest BCUT2D eigenvalue weighted by Crippen LogP contribution is 2.54. The van der Waals surface area contributed by atoms with Crippen LogP contribution in [0.3, 0.4) is 0 Å². The Bertz CT molecular complexity index is 521. The summed E-state index contributed by atoms with van der Waals surface area (Å²) in [7, 11) is 0. The predicted molar refractivity (Wildman–Crippen MR) is 87.6 cm³/mol. The molecule has 0 aliphatic carbocycles. The quantitative estimate of drug-likeness (QED) is 0.232. The molecule has 180 valence electrons. The molecule has 0 rings (SSSR count). The third-order valence-electron chi connectivity index (χ3n) is 4.25. The number of esters is 1. The van der Waals surface area contributed by atoms with Crippen LogP contribution in [0.4, 0.5) is 43.9 Å². The van der Waals surface area contributed by atoms with Gasteiger partial charge in [-0.15, -0.1) is 0 Å². The Morgan fingerprint density at radius 2 is 1.30 bits per heavy atom. The summed E-state index contributed by atoms with van der Waals surface area (Å²) in [4.78, 5) is 13.3. The number of carbonyl (C=O) groups is 1. The van der Waals surface area contributed by atoms with Crippen LogP contribution in [0.5, 0.6) is 0 Å². The third-order valence-corrected chi connectivity index (χ3v) is 4.25. The van der Waals surface area contributed by atoms with Gasteiger partial charge in [0, 0.05) is 6.54 Å². The average Bonchev–Trinajstić information content (AvgIpc) is 2.65. The van der Waals surface area contributed by atoms with Gasteiger partial charge in [0.1, 0.15) is 0 Å². The van der Waals surface area contributed by atoms with E-state index in [1.54, 1.807) is 4.90 Å². The second kappa shape index (κ2) is 11.4. The Kier molecular flexibility index (Phi) is 10.9. The number of unbranched alkanes of at least 4 members (excludes halogenated alkanes) is 2. The van der Waals surface area contributed by atoms with Crippen LogP contribution in [-0.2, 0) is 9.53 Å². The van der Waals surface area contributed by atoms with Gasteiger partial charge in [0.25, 0.3) is 0 Å². The summed E-state index contributed by atoms with van der Waals surface area (Å²) in [5.41, 5.74) is 0. The van der Waals surface area contributed by atoms with Crippen molar-refractivity contribution in [1.82, 2.24) is 4.90 Å². The molecule has 0 spiro atoms. The first-order chi connectivity index (χ1) is 13.6. The zero-order chi connectivity index (χ0) is 23.8. The number of halogens is 10. The van der Waals surface area contributed by atoms with Gasteiger partial charge in [-0.25, -0.2) is 8.78 Å². The summed E-state index contributed by atoms with van der Waals surface area (Å²) < 4.78 is 133. The van der Waals surface area contributed by atoms with Gasteiger partial charge in [-0.05, 0) is 25.9 Å². The highest BCUT2D eigenvalue weighted by atomic mass is 19.4. The van der Waals surface area contributed by atoms with Crippen molar-refractivity contribution in [3.8, 4) is 0 Å². The van der Waals surface area contributed by atoms with Crippen LogP contribution < -0.4 is 0 Å². The zero-order valence-electron chi connectivity index (χ0n) is 16.5. The Hall–Kier alpha value is -1.27. The maximum atomic E-state index is 13.5. The van der Waals surface area contributed by atoms with Crippen LogP contribution in [0.1, 0.15) is 46.0 Å². The molecule has 30 heavy (non-hydrogen) atoms. The van der Waals surface area contributed by atoms with Crippen molar-refractivity contribution in [2.24, 2.45) is 0 Å². The van der Waals surface area contributed by atoms with E-state index < -0.39 is 49.1 Å². The van der Waals surface area contributed by atoms with Crippen LogP contribution in [0.25, 0.3) is 0 Å². The number of ether oxygens (including phenoxy) is 1. The van der Waals surface area contributed by atoms with Gasteiger partial charge in [-0.3, -0.25) is 4.79 Å². The van der Waals surface area contributed by atoms with E-state index >= 15 is 0 Å². The minimum Gasteiger partial charge on any atom is -0.459 e. The van der Waals surface area contributed by atoms with E-state index in [-0.39, 0.29) is 6.54 Å². The first kappa shape index (κ1) is 28.7. The molecular weight excluding hydrogens is 440 g/mol. The Morgan fingerprint density at radius 1 is 0.833 bits per heavy atom. The smallest absolute Gasteiger partial charge is 0.384 e. The molecule has 0 fully saturated rings. The number of alkyl halides is 10. The van der Waals surface area contributed by atoms with E-state index in [4.69, 9.17) is 0 Å². The molecule has 13 heteroatoms. The van der Waals surface area contributed by atoms with E-state index in [2.05, 4.69) is 4.74 Å². The summed E-state index contributed by atoms with van der Waals surface area (Å²) in [5.74, 6) is -28.2. The van der Waals surface area contributed by atoms with Crippen LogP contribution in [0.2, 0.25) is 0 Å². The maximum Gasteiger partial charge on any atom is 0.384 e. The predicted octanol–water partition coefficient (Wildman–Crippen LogP) is 5.63. The van der Waals surface area contributed by atoms with E-state index in [1.807, 2.05) is 13.8 Å². The summed E-state index contributed by atoms with van der Waals surface area (Å²) in [6.45, 7) is 2.28. The number of carbonyl (C=O) groups excluding carboxylic acids is 1. The van der Waals surface area contributed by atoms with E-state index in [1.165, 1.54) is 0 Å². The third kappa shape index (κ3) is 6.88.